The average Bonchev–Trinajstić information content (AvgIpc) is 1.86. The smallest absolute Gasteiger partial charge is 0.357 e. The normalized spacial score (nSPS) is 8.64. The van der Waals surface area contributed by atoms with Crippen LogP contribution in [0.4, 0.5) is 0 Å². The van der Waals surface area contributed by atoms with E-state index in [9.17, 15) is 9.59 Å². The zero-order valence-corrected chi connectivity index (χ0v) is 6.46. The molecule has 0 aromatic carbocycles. The third-order valence-corrected chi connectivity index (χ3v) is 0.759. The van der Waals surface area contributed by atoms with Crippen LogP contribution in [-0.2, 0) is 14.3 Å². The highest BCUT2D eigenvalue weighted by Crippen LogP contribution is 1.98. The molecule has 0 spiro atoms. The van der Waals surface area contributed by atoms with Gasteiger partial charge in [-0.2, -0.15) is 4.99 Å². The number of esters is 1. The van der Waals surface area contributed by atoms with E-state index >= 15 is 0 Å². The molecular weight excluding hydrogens is 146 g/mol. The molecule has 0 radical (unpaired) electrons. The van der Waals surface area contributed by atoms with Gasteiger partial charge in [0.05, 0.1) is 6.10 Å². The second kappa shape index (κ2) is 4.41. The molecular formula is C7H9NO3. The number of nitrogens with zero attached hydrogens (tertiary/aromatic N) is 1. The highest BCUT2D eigenvalue weighted by Gasteiger charge is 2.08. The second-order valence-corrected chi connectivity index (χ2v) is 2.10. The quantitative estimate of drug-likeness (QED) is 0.262. The predicted molar refractivity (Wildman–Crippen MR) is 38.5 cm³/mol. The standard InChI is InChI=1S/C7H9NO3/c1-5(2)11-7(10)6(3)8-4-9/h5H,3H2,1-2H3. The van der Waals surface area contributed by atoms with Crippen LogP contribution in [-0.4, -0.2) is 18.2 Å². The Morgan fingerprint density at radius 2 is 2.18 bits per heavy atom. The summed E-state index contributed by atoms with van der Waals surface area (Å²) in [4.78, 5) is 23.4. The third kappa shape index (κ3) is 4.06. The molecule has 0 saturated heterocycles. The molecule has 4 heteroatoms. The van der Waals surface area contributed by atoms with Crippen LogP contribution in [0.15, 0.2) is 17.3 Å². The van der Waals surface area contributed by atoms with E-state index in [1.807, 2.05) is 0 Å². The summed E-state index contributed by atoms with van der Waals surface area (Å²) in [5.74, 6) is -0.691. The summed E-state index contributed by atoms with van der Waals surface area (Å²) in [5, 5.41) is 0. The zero-order valence-electron chi connectivity index (χ0n) is 6.46. The fourth-order valence-electron chi connectivity index (χ4n) is 0.383. The Labute approximate surface area is 64.6 Å². The zero-order chi connectivity index (χ0) is 8.85. The lowest BCUT2D eigenvalue weighted by Gasteiger charge is -2.05. The van der Waals surface area contributed by atoms with Crippen LogP contribution >= 0.6 is 0 Å². The van der Waals surface area contributed by atoms with Crippen molar-refractivity contribution in [2.24, 2.45) is 4.99 Å². The minimum Gasteiger partial charge on any atom is -0.458 e. The SMILES string of the molecule is C=C(N=C=O)C(=O)OC(C)C. The van der Waals surface area contributed by atoms with Crippen molar-refractivity contribution >= 4 is 12.0 Å². The predicted octanol–water partition coefficient (Wildman–Crippen LogP) is 0.787. The van der Waals surface area contributed by atoms with Gasteiger partial charge in [0.25, 0.3) is 0 Å². The molecule has 0 atom stereocenters. The van der Waals surface area contributed by atoms with Crippen molar-refractivity contribution in [3.63, 3.8) is 0 Å². The maximum Gasteiger partial charge on any atom is 0.357 e. The van der Waals surface area contributed by atoms with Gasteiger partial charge in [-0.1, -0.05) is 6.58 Å². The van der Waals surface area contributed by atoms with Crippen molar-refractivity contribution in [2.45, 2.75) is 20.0 Å². The molecule has 0 aromatic heterocycles. The fourth-order valence-corrected chi connectivity index (χ4v) is 0.383. The molecule has 0 saturated carbocycles. The molecule has 0 unspecified atom stereocenters. The Kier molecular flexibility index (Phi) is 3.85. The molecule has 0 aliphatic rings. The van der Waals surface area contributed by atoms with Crippen molar-refractivity contribution in [1.29, 1.82) is 0 Å². The molecule has 0 N–H and O–H groups in total. The van der Waals surface area contributed by atoms with Crippen molar-refractivity contribution in [2.75, 3.05) is 0 Å². The van der Waals surface area contributed by atoms with E-state index < -0.39 is 5.97 Å². The van der Waals surface area contributed by atoms with Gasteiger partial charge in [-0.3, -0.25) is 0 Å². The highest BCUT2D eigenvalue weighted by molar-refractivity contribution is 5.88. The summed E-state index contributed by atoms with van der Waals surface area (Å²) in [6.07, 6.45) is 0.961. The monoisotopic (exact) mass is 155 g/mol. The maximum absolute atomic E-state index is 10.7. The third-order valence-electron chi connectivity index (χ3n) is 0.759. The maximum atomic E-state index is 10.7. The highest BCUT2D eigenvalue weighted by atomic mass is 16.5. The number of hydrogen-bond acceptors (Lipinski definition) is 4. The Morgan fingerprint density at radius 3 is 2.55 bits per heavy atom. The lowest BCUT2D eigenvalue weighted by molar-refractivity contribution is -0.142. The molecule has 4 nitrogen and oxygen atoms in total. The van der Waals surface area contributed by atoms with Gasteiger partial charge in [0, 0.05) is 0 Å². The van der Waals surface area contributed by atoms with Crippen LogP contribution in [0.2, 0.25) is 0 Å². The number of carbonyl (C=O) groups excluding carboxylic acids is 2. The molecule has 0 aliphatic heterocycles. The molecule has 0 aliphatic carbocycles. The van der Waals surface area contributed by atoms with E-state index in [1.54, 1.807) is 13.8 Å². The summed E-state index contributed by atoms with van der Waals surface area (Å²) >= 11 is 0. The van der Waals surface area contributed by atoms with E-state index in [0.717, 1.165) is 0 Å². The molecule has 0 bridgehead atoms. The van der Waals surface area contributed by atoms with Crippen LogP contribution in [0.3, 0.4) is 0 Å². The van der Waals surface area contributed by atoms with Gasteiger partial charge in [0.15, 0.2) is 5.70 Å². The van der Waals surface area contributed by atoms with Crippen molar-refractivity contribution in [3.8, 4) is 0 Å². The van der Waals surface area contributed by atoms with E-state index in [4.69, 9.17) is 0 Å². The van der Waals surface area contributed by atoms with Crippen LogP contribution in [0.25, 0.3) is 0 Å². The van der Waals surface area contributed by atoms with Crippen molar-refractivity contribution in [3.05, 3.63) is 12.3 Å². The van der Waals surface area contributed by atoms with E-state index in [2.05, 4.69) is 16.3 Å². The van der Waals surface area contributed by atoms with Gasteiger partial charge in [-0.05, 0) is 13.8 Å². The molecule has 0 fully saturated rings. The largest absolute Gasteiger partial charge is 0.458 e. The summed E-state index contributed by atoms with van der Waals surface area (Å²) in [6, 6.07) is 0. The Bertz CT molecular complexity index is 214. The first-order valence-corrected chi connectivity index (χ1v) is 3.05. The summed E-state index contributed by atoms with van der Waals surface area (Å²) in [5.41, 5.74) is -0.228. The van der Waals surface area contributed by atoms with Gasteiger partial charge in [-0.25, -0.2) is 9.59 Å². The average molecular weight is 155 g/mol. The van der Waals surface area contributed by atoms with E-state index in [-0.39, 0.29) is 11.8 Å². The number of carbonyl (C=O) groups is 1. The minimum absolute atomic E-state index is 0.228. The summed E-state index contributed by atoms with van der Waals surface area (Å²) < 4.78 is 4.65. The Hall–Kier alpha value is -1.41. The van der Waals surface area contributed by atoms with Crippen LogP contribution in [0.5, 0.6) is 0 Å². The van der Waals surface area contributed by atoms with Gasteiger partial charge in [0.2, 0.25) is 6.08 Å². The Balaban J connectivity index is 4.04. The second-order valence-electron chi connectivity index (χ2n) is 2.10. The number of ether oxygens (including phenoxy) is 1. The van der Waals surface area contributed by atoms with E-state index in [0.29, 0.717) is 0 Å². The molecule has 11 heavy (non-hydrogen) atoms. The fraction of sp³-hybridized carbons (Fsp3) is 0.429. The van der Waals surface area contributed by atoms with Gasteiger partial charge in [0.1, 0.15) is 0 Å². The van der Waals surface area contributed by atoms with Crippen molar-refractivity contribution in [1.82, 2.24) is 0 Å². The minimum atomic E-state index is -0.691. The van der Waals surface area contributed by atoms with Crippen LogP contribution in [0.1, 0.15) is 13.8 Å². The molecule has 0 rings (SSSR count). The topological polar surface area (TPSA) is 55.7 Å². The van der Waals surface area contributed by atoms with Crippen molar-refractivity contribution < 1.29 is 14.3 Å². The van der Waals surface area contributed by atoms with Crippen LogP contribution in [0, 0.1) is 0 Å². The first-order valence-electron chi connectivity index (χ1n) is 3.05. The first-order chi connectivity index (χ1) is 5.07. The van der Waals surface area contributed by atoms with E-state index in [1.165, 1.54) is 6.08 Å². The van der Waals surface area contributed by atoms with Gasteiger partial charge >= 0.3 is 5.97 Å². The Morgan fingerprint density at radius 1 is 1.64 bits per heavy atom. The van der Waals surface area contributed by atoms with Gasteiger partial charge < -0.3 is 4.74 Å². The number of hydrogen-bond donors (Lipinski definition) is 0. The number of rotatable bonds is 3. The van der Waals surface area contributed by atoms with Gasteiger partial charge in [-0.15, -0.1) is 0 Å². The molecule has 60 valence electrons. The summed E-state index contributed by atoms with van der Waals surface area (Å²) in [6.45, 7) is 6.57. The lowest BCUT2D eigenvalue weighted by atomic mass is 10.4. The molecule has 0 aromatic rings. The number of aliphatic imine (C=N–C) groups is 1. The first kappa shape index (κ1) is 9.59. The lowest BCUT2D eigenvalue weighted by Crippen LogP contribution is -2.11. The van der Waals surface area contributed by atoms with Crippen LogP contribution < -0.4 is 0 Å². The molecule has 0 amide bonds. The molecule has 0 heterocycles. The summed E-state index contributed by atoms with van der Waals surface area (Å²) in [7, 11) is 0. The number of isocyanates is 1.